The highest BCUT2D eigenvalue weighted by Gasteiger charge is 2.34. The second kappa shape index (κ2) is 6.75. The van der Waals surface area contributed by atoms with Crippen molar-refractivity contribution in [3.8, 4) is 5.75 Å². The van der Waals surface area contributed by atoms with Gasteiger partial charge in [-0.15, -0.1) is 11.3 Å². The van der Waals surface area contributed by atoms with Gasteiger partial charge in [-0.2, -0.15) is 0 Å². The molecule has 1 heterocycles. The molecule has 2 N–H and O–H groups in total. The maximum absolute atomic E-state index is 11.3. The predicted octanol–water partition coefficient (Wildman–Crippen LogP) is 2.74. The minimum atomic E-state index is -0.724. The molecule has 0 atom stereocenters. The van der Waals surface area contributed by atoms with Gasteiger partial charge in [-0.3, -0.25) is 4.79 Å². The van der Waals surface area contributed by atoms with E-state index in [9.17, 15) is 9.90 Å². The number of methoxy groups -OCH3 is 1. The predicted molar refractivity (Wildman–Crippen MR) is 73.2 cm³/mol. The van der Waals surface area contributed by atoms with Crippen LogP contribution in [-0.2, 0) is 11.3 Å². The molecule has 0 spiro atoms. The summed E-state index contributed by atoms with van der Waals surface area (Å²) in [5.74, 6) is 0.138. The highest BCUT2D eigenvalue weighted by atomic mass is 32.1. The van der Waals surface area contributed by atoms with Gasteiger partial charge in [-0.1, -0.05) is 13.8 Å². The van der Waals surface area contributed by atoms with Crippen LogP contribution in [0.3, 0.4) is 0 Å². The molecule has 0 aromatic carbocycles. The number of aliphatic carboxylic acids is 1. The van der Waals surface area contributed by atoms with E-state index < -0.39 is 11.4 Å². The van der Waals surface area contributed by atoms with Gasteiger partial charge < -0.3 is 15.2 Å². The molecule has 1 aromatic rings. The Kier molecular flexibility index (Phi) is 5.62. The van der Waals surface area contributed by atoms with Crippen LogP contribution in [0.25, 0.3) is 0 Å². The van der Waals surface area contributed by atoms with E-state index in [2.05, 4.69) is 5.32 Å². The molecule has 0 unspecified atom stereocenters. The van der Waals surface area contributed by atoms with Crippen LogP contribution >= 0.6 is 11.3 Å². The zero-order chi connectivity index (χ0) is 13.6. The molecule has 0 fully saturated rings. The van der Waals surface area contributed by atoms with Gasteiger partial charge in [0, 0.05) is 13.1 Å². The van der Waals surface area contributed by atoms with Crippen LogP contribution in [0.4, 0.5) is 0 Å². The Labute approximate surface area is 112 Å². The lowest BCUT2D eigenvalue weighted by Gasteiger charge is -2.26. The van der Waals surface area contributed by atoms with Crippen LogP contribution in [-0.4, -0.2) is 24.7 Å². The summed E-state index contributed by atoms with van der Waals surface area (Å²) >= 11 is 1.61. The first-order valence-electron chi connectivity index (χ1n) is 6.14. The molecule has 0 saturated carbocycles. The molecule has 0 aliphatic heterocycles. The Hall–Kier alpha value is -1.07. The summed E-state index contributed by atoms with van der Waals surface area (Å²) in [6.07, 6.45) is 1.26. The average Bonchev–Trinajstić information content (AvgIpc) is 2.82. The van der Waals surface area contributed by atoms with E-state index in [0.29, 0.717) is 25.9 Å². The smallest absolute Gasteiger partial charge is 0.310 e. The first-order chi connectivity index (χ1) is 8.59. The Morgan fingerprint density at radius 2 is 2.17 bits per heavy atom. The lowest BCUT2D eigenvalue weighted by Crippen LogP contribution is -2.39. The monoisotopic (exact) mass is 271 g/mol. The van der Waals surface area contributed by atoms with Crippen LogP contribution in [0.1, 0.15) is 31.6 Å². The fraction of sp³-hybridized carbons (Fsp3) is 0.615. The molecule has 0 aliphatic carbocycles. The van der Waals surface area contributed by atoms with Gasteiger partial charge in [0.15, 0.2) is 0 Å². The summed E-state index contributed by atoms with van der Waals surface area (Å²) in [6, 6.07) is 1.92. The summed E-state index contributed by atoms with van der Waals surface area (Å²) in [7, 11) is 1.64. The lowest BCUT2D eigenvalue weighted by atomic mass is 9.82. The number of carboxylic acids is 1. The van der Waals surface area contributed by atoms with E-state index >= 15 is 0 Å². The molecule has 1 rings (SSSR count). The average molecular weight is 271 g/mol. The van der Waals surface area contributed by atoms with Crippen molar-refractivity contribution >= 4 is 17.3 Å². The maximum Gasteiger partial charge on any atom is 0.310 e. The van der Waals surface area contributed by atoms with Crippen molar-refractivity contribution < 1.29 is 14.6 Å². The topological polar surface area (TPSA) is 58.6 Å². The van der Waals surface area contributed by atoms with Crippen LogP contribution in [0, 0.1) is 5.41 Å². The molecule has 0 amide bonds. The molecule has 18 heavy (non-hydrogen) atoms. The van der Waals surface area contributed by atoms with E-state index in [-0.39, 0.29) is 0 Å². The molecule has 4 nitrogen and oxygen atoms in total. The van der Waals surface area contributed by atoms with Crippen molar-refractivity contribution in [1.82, 2.24) is 5.32 Å². The molecule has 0 radical (unpaired) electrons. The fourth-order valence-electron chi connectivity index (χ4n) is 1.93. The minimum Gasteiger partial charge on any atom is -0.496 e. The van der Waals surface area contributed by atoms with Crippen molar-refractivity contribution in [2.75, 3.05) is 13.7 Å². The van der Waals surface area contributed by atoms with E-state index in [1.807, 2.05) is 25.3 Å². The van der Waals surface area contributed by atoms with E-state index in [1.165, 1.54) is 0 Å². The standard InChI is InChI=1S/C13H21NO3S/c1-4-13(5-2,12(15)16)9-14-8-11-10(17-3)6-7-18-11/h6-7,14H,4-5,8-9H2,1-3H3,(H,15,16). The summed E-state index contributed by atoms with van der Waals surface area (Å²) in [6.45, 7) is 4.97. The lowest BCUT2D eigenvalue weighted by molar-refractivity contribution is -0.149. The number of ether oxygens (including phenoxy) is 1. The fourth-order valence-corrected chi connectivity index (χ4v) is 2.74. The number of nitrogens with one attached hydrogen (secondary N) is 1. The summed E-state index contributed by atoms with van der Waals surface area (Å²) in [5, 5.41) is 14.5. The third-order valence-corrected chi connectivity index (χ3v) is 4.38. The largest absolute Gasteiger partial charge is 0.496 e. The van der Waals surface area contributed by atoms with Crippen LogP contribution < -0.4 is 10.1 Å². The molecule has 1 aromatic heterocycles. The summed E-state index contributed by atoms with van der Waals surface area (Å²) < 4.78 is 5.22. The van der Waals surface area contributed by atoms with E-state index in [1.54, 1.807) is 18.4 Å². The Morgan fingerprint density at radius 3 is 2.67 bits per heavy atom. The SMILES string of the molecule is CCC(CC)(CNCc1sccc1OC)C(=O)O. The van der Waals surface area contributed by atoms with Crippen molar-refractivity contribution in [3.05, 3.63) is 16.3 Å². The van der Waals surface area contributed by atoms with Crippen LogP contribution in [0.15, 0.2) is 11.4 Å². The van der Waals surface area contributed by atoms with Crippen LogP contribution in [0.5, 0.6) is 5.75 Å². The van der Waals surface area contributed by atoms with Crippen molar-refractivity contribution in [2.24, 2.45) is 5.41 Å². The van der Waals surface area contributed by atoms with Crippen molar-refractivity contribution in [2.45, 2.75) is 33.2 Å². The summed E-state index contributed by atoms with van der Waals surface area (Å²) in [4.78, 5) is 12.4. The summed E-state index contributed by atoms with van der Waals surface area (Å²) in [5.41, 5.74) is -0.662. The first-order valence-corrected chi connectivity index (χ1v) is 7.02. The van der Waals surface area contributed by atoms with Gasteiger partial charge in [0.2, 0.25) is 0 Å². The second-order valence-electron chi connectivity index (χ2n) is 4.31. The van der Waals surface area contributed by atoms with Gasteiger partial charge >= 0.3 is 5.97 Å². The molecular weight excluding hydrogens is 250 g/mol. The number of thiophene rings is 1. The normalized spacial score (nSPS) is 11.5. The molecule has 0 saturated heterocycles. The van der Waals surface area contributed by atoms with Crippen molar-refractivity contribution in [3.63, 3.8) is 0 Å². The molecule has 0 aliphatic rings. The molecular formula is C13H21NO3S. The van der Waals surface area contributed by atoms with Gasteiger partial charge in [0.25, 0.3) is 0 Å². The molecule has 0 bridgehead atoms. The Bertz CT molecular complexity index is 385. The van der Waals surface area contributed by atoms with Gasteiger partial charge in [-0.25, -0.2) is 0 Å². The quantitative estimate of drug-likeness (QED) is 0.763. The Balaban J connectivity index is 2.57. The number of carboxylic acid groups (broad SMARTS) is 1. The zero-order valence-corrected chi connectivity index (χ0v) is 12.0. The second-order valence-corrected chi connectivity index (χ2v) is 5.31. The van der Waals surface area contributed by atoms with Gasteiger partial charge in [0.1, 0.15) is 5.75 Å². The van der Waals surface area contributed by atoms with E-state index in [0.717, 1.165) is 10.6 Å². The van der Waals surface area contributed by atoms with Crippen LogP contribution in [0.2, 0.25) is 0 Å². The maximum atomic E-state index is 11.3. The number of rotatable bonds is 8. The minimum absolute atomic E-state index is 0.483. The zero-order valence-electron chi connectivity index (χ0n) is 11.2. The third-order valence-electron chi connectivity index (χ3n) is 3.48. The molecule has 5 heteroatoms. The number of hydrogen-bond donors (Lipinski definition) is 2. The number of carbonyl (C=O) groups is 1. The Morgan fingerprint density at radius 1 is 1.50 bits per heavy atom. The highest BCUT2D eigenvalue weighted by Crippen LogP contribution is 2.27. The van der Waals surface area contributed by atoms with Gasteiger partial charge in [0.05, 0.1) is 17.4 Å². The van der Waals surface area contributed by atoms with Gasteiger partial charge in [-0.05, 0) is 24.3 Å². The van der Waals surface area contributed by atoms with Crippen molar-refractivity contribution in [1.29, 1.82) is 0 Å². The third kappa shape index (κ3) is 3.23. The first kappa shape index (κ1) is 15.0. The van der Waals surface area contributed by atoms with E-state index in [4.69, 9.17) is 4.74 Å². The highest BCUT2D eigenvalue weighted by molar-refractivity contribution is 7.10. The number of hydrogen-bond acceptors (Lipinski definition) is 4. The molecule has 102 valence electrons.